The number of hydrogen-bond acceptors (Lipinski definition) is 5. The van der Waals surface area contributed by atoms with E-state index < -0.39 is 0 Å². The summed E-state index contributed by atoms with van der Waals surface area (Å²) in [6, 6.07) is 0.570. The zero-order chi connectivity index (χ0) is 14.4. The molecular formula is C15H27N5. The van der Waals surface area contributed by atoms with Gasteiger partial charge in [0.1, 0.15) is 0 Å². The van der Waals surface area contributed by atoms with E-state index in [0.717, 1.165) is 56.2 Å². The van der Waals surface area contributed by atoms with Crippen LogP contribution in [0.15, 0.2) is 0 Å². The lowest BCUT2D eigenvalue weighted by Gasteiger charge is -2.25. The Morgan fingerprint density at radius 2 is 1.95 bits per heavy atom. The van der Waals surface area contributed by atoms with Gasteiger partial charge in [0, 0.05) is 19.1 Å². The van der Waals surface area contributed by atoms with Gasteiger partial charge in [-0.3, -0.25) is 0 Å². The molecule has 5 heteroatoms. The molecule has 1 atom stereocenters. The smallest absolute Gasteiger partial charge is 0.245 e. The molecule has 1 saturated heterocycles. The van der Waals surface area contributed by atoms with Crippen molar-refractivity contribution in [3.05, 3.63) is 11.4 Å². The summed E-state index contributed by atoms with van der Waals surface area (Å²) in [6.07, 6.45) is 5.46. The van der Waals surface area contributed by atoms with Crippen LogP contribution >= 0.6 is 0 Å². The highest BCUT2D eigenvalue weighted by Crippen LogP contribution is 2.14. The summed E-state index contributed by atoms with van der Waals surface area (Å²) >= 11 is 0. The number of aryl methyl sites for hydroxylation is 2. The maximum absolute atomic E-state index is 4.75. The molecule has 0 amide bonds. The van der Waals surface area contributed by atoms with Gasteiger partial charge < -0.3 is 10.2 Å². The van der Waals surface area contributed by atoms with Crippen LogP contribution in [0, 0.1) is 0 Å². The van der Waals surface area contributed by atoms with Crippen molar-refractivity contribution in [2.24, 2.45) is 0 Å². The third-order valence-corrected chi connectivity index (χ3v) is 3.88. The minimum absolute atomic E-state index is 0.570. The zero-order valence-electron chi connectivity index (χ0n) is 13.0. The molecule has 1 aromatic rings. The molecule has 2 heterocycles. The maximum atomic E-state index is 4.75. The number of nitrogens with one attached hydrogen (secondary N) is 1. The molecule has 0 aromatic carbocycles. The van der Waals surface area contributed by atoms with E-state index in [-0.39, 0.29) is 0 Å². The van der Waals surface area contributed by atoms with Crippen LogP contribution in [0.4, 0.5) is 5.95 Å². The van der Waals surface area contributed by atoms with E-state index in [0.29, 0.717) is 6.04 Å². The first kappa shape index (κ1) is 15.2. The van der Waals surface area contributed by atoms with Gasteiger partial charge in [0.2, 0.25) is 5.95 Å². The molecule has 1 aliphatic heterocycles. The van der Waals surface area contributed by atoms with Gasteiger partial charge in [-0.25, -0.2) is 4.98 Å². The second kappa shape index (κ2) is 7.53. The van der Waals surface area contributed by atoms with Crippen molar-refractivity contribution in [2.75, 3.05) is 24.5 Å². The average molecular weight is 277 g/mol. The van der Waals surface area contributed by atoms with Crippen LogP contribution in [-0.2, 0) is 12.8 Å². The Morgan fingerprint density at radius 1 is 1.15 bits per heavy atom. The van der Waals surface area contributed by atoms with Crippen molar-refractivity contribution in [3.63, 3.8) is 0 Å². The van der Waals surface area contributed by atoms with Gasteiger partial charge in [-0.15, -0.1) is 5.10 Å². The second-order valence-corrected chi connectivity index (χ2v) is 5.45. The SMILES string of the molecule is CCCN(CC1CCCN1)c1nnc(CC)c(CC)n1. The lowest BCUT2D eigenvalue weighted by atomic mass is 10.2. The first-order valence-electron chi connectivity index (χ1n) is 7.99. The zero-order valence-corrected chi connectivity index (χ0v) is 13.0. The predicted octanol–water partition coefficient (Wildman–Crippen LogP) is 1.96. The fourth-order valence-electron chi connectivity index (χ4n) is 2.78. The molecule has 0 saturated carbocycles. The summed E-state index contributed by atoms with van der Waals surface area (Å²) in [6.45, 7) is 9.56. The van der Waals surface area contributed by atoms with Gasteiger partial charge in [-0.05, 0) is 38.6 Å². The molecule has 0 bridgehead atoms. The van der Waals surface area contributed by atoms with Crippen LogP contribution in [0.1, 0.15) is 51.4 Å². The predicted molar refractivity (Wildman–Crippen MR) is 82.1 cm³/mol. The number of anilines is 1. The second-order valence-electron chi connectivity index (χ2n) is 5.45. The van der Waals surface area contributed by atoms with E-state index in [4.69, 9.17) is 4.98 Å². The number of aromatic nitrogens is 3. The quantitative estimate of drug-likeness (QED) is 0.826. The summed E-state index contributed by atoms with van der Waals surface area (Å²) in [5.74, 6) is 0.801. The third-order valence-electron chi connectivity index (χ3n) is 3.88. The fraction of sp³-hybridized carbons (Fsp3) is 0.800. The Bertz CT molecular complexity index is 415. The standard InChI is InChI=1S/C15H27N5/c1-4-10-20(11-12-8-7-9-16-12)15-17-13(5-2)14(6-3)18-19-15/h12,16H,4-11H2,1-3H3. The maximum Gasteiger partial charge on any atom is 0.245 e. The van der Waals surface area contributed by atoms with E-state index in [9.17, 15) is 0 Å². The summed E-state index contributed by atoms with van der Waals surface area (Å²) in [5.41, 5.74) is 2.13. The van der Waals surface area contributed by atoms with Crippen molar-refractivity contribution >= 4 is 5.95 Å². The fourth-order valence-corrected chi connectivity index (χ4v) is 2.78. The lowest BCUT2D eigenvalue weighted by Crippen LogP contribution is -2.39. The minimum Gasteiger partial charge on any atom is -0.338 e. The molecule has 1 N–H and O–H groups in total. The number of nitrogens with zero attached hydrogens (tertiary/aromatic N) is 4. The number of hydrogen-bond donors (Lipinski definition) is 1. The summed E-state index contributed by atoms with van der Waals surface area (Å²) in [4.78, 5) is 7.03. The molecule has 0 radical (unpaired) electrons. The largest absolute Gasteiger partial charge is 0.338 e. The molecular weight excluding hydrogens is 250 g/mol. The molecule has 1 aromatic heterocycles. The average Bonchev–Trinajstić information content (AvgIpc) is 2.99. The topological polar surface area (TPSA) is 53.9 Å². The van der Waals surface area contributed by atoms with Crippen molar-refractivity contribution < 1.29 is 0 Å². The first-order valence-corrected chi connectivity index (χ1v) is 7.99. The molecule has 20 heavy (non-hydrogen) atoms. The van der Waals surface area contributed by atoms with E-state index >= 15 is 0 Å². The van der Waals surface area contributed by atoms with Crippen molar-refractivity contribution in [1.29, 1.82) is 0 Å². The van der Waals surface area contributed by atoms with Gasteiger partial charge >= 0.3 is 0 Å². The highest BCUT2D eigenvalue weighted by molar-refractivity contribution is 5.31. The van der Waals surface area contributed by atoms with Gasteiger partial charge in [0.15, 0.2) is 0 Å². The Balaban J connectivity index is 2.14. The Labute approximate surface area is 122 Å². The monoisotopic (exact) mass is 277 g/mol. The molecule has 1 fully saturated rings. The van der Waals surface area contributed by atoms with E-state index in [2.05, 4.69) is 41.2 Å². The van der Waals surface area contributed by atoms with Crippen LogP contribution in [0.5, 0.6) is 0 Å². The van der Waals surface area contributed by atoms with Gasteiger partial charge in [0.05, 0.1) is 11.4 Å². The van der Waals surface area contributed by atoms with Gasteiger partial charge in [-0.2, -0.15) is 5.10 Å². The minimum atomic E-state index is 0.570. The molecule has 112 valence electrons. The molecule has 2 rings (SSSR count). The normalized spacial score (nSPS) is 18.4. The van der Waals surface area contributed by atoms with Crippen LogP contribution < -0.4 is 10.2 Å². The van der Waals surface area contributed by atoms with E-state index in [1.165, 1.54) is 12.8 Å². The molecule has 1 aliphatic rings. The van der Waals surface area contributed by atoms with Crippen LogP contribution in [-0.4, -0.2) is 40.9 Å². The number of rotatable bonds is 7. The van der Waals surface area contributed by atoms with Crippen LogP contribution in [0.25, 0.3) is 0 Å². The molecule has 0 spiro atoms. The highest BCUT2D eigenvalue weighted by atomic mass is 15.3. The Hall–Kier alpha value is -1.23. The first-order chi connectivity index (χ1) is 9.78. The molecule has 1 unspecified atom stereocenters. The van der Waals surface area contributed by atoms with Crippen molar-refractivity contribution in [3.8, 4) is 0 Å². The highest BCUT2D eigenvalue weighted by Gasteiger charge is 2.20. The third kappa shape index (κ3) is 3.66. The Kier molecular flexibility index (Phi) is 5.71. The van der Waals surface area contributed by atoms with E-state index in [1.54, 1.807) is 0 Å². The Morgan fingerprint density at radius 3 is 2.55 bits per heavy atom. The summed E-state index contributed by atoms with van der Waals surface area (Å²) < 4.78 is 0. The van der Waals surface area contributed by atoms with Crippen molar-refractivity contribution in [2.45, 2.75) is 58.9 Å². The summed E-state index contributed by atoms with van der Waals surface area (Å²) in [7, 11) is 0. The van der Waals surface area contributed by atoms with Crippen LogP contribution in [0.2, 0.25) is 0 Å². The van der Waals surface area contributed by atoms with Gasteiger partial charge in [-0.1, -0.05) is 20.8 Å². The van der Waals surface area contributed by atoms with Gasteiger partial charge in [0.25, 0.3) is 0 Å². The molecule has 5 nitrogen and oxygen atoms in total. The van der Waals surface area contributed by atoms with E-state index in [1.807, 2.05) is 0 Å². The molecule has 0 aliphatic carbocycles. The lowest BCUT2D eigenvalue weighted by molar-refractivity contribution is 0.567. The van der Waals surface area contributed by atoms with Crippen LogP contribution in [0.3, 0.4) is 0 Å². The summed E-state index contributed by atoms with van der Waals surface area (Å²) in [5, 5.41) is 12.3. The van der Waals surface area contributed by atoms with Crippen molar-refractivity contribution in [1.82, 2.24) is 20.5 Å².